The fourth-order valence-corrected chi connectivity index (χ4v) is 11.6. The Morgan fingerprint density at radius 3 is 2.30 bits per heavy atom. The zero-order valence-electron chi connectivity index (χ0n) is 15.3. The highest BCUT2D eigenvalue weighted by atomic mass is 127. The highest BCUT2D eigenvalue weighted by Crippen LogP contribution is 2.51. The molecule has 0 radical (unpaired) electrons. The van der Waals surface area contributed by atoms with Gasteiger partial charge >= 0.3 is 0 Å². The monoisotopic (exact) mass is 1040 g/mol. The summed E-state index contributed by atoms with van der Waals surface area (Å²) in [7, 11) is 0. The quantitative estimate of drug-likeness (QED) is 0.204. The molecule has 1 fully saturated rings. The van der Waals surface area contributed by atoms with Gasteiger partial charge in [0.2, 0.25) is 0 Å². The summed E-state index contributed by atoms with van der Waals surface area (Å²) in [6.07, 6.45) is 5.60. The van der Waals surface area contributed by atoms with Crippen LogP contribution in [0.1, 0.15) is 55.6 Å². The van der Waals surface area contributed by atoms with E-state index >= 15 is 0 Å². The van der Waals surface area contributed by atoms with Gasteiger partial charge in [-0.3, -0.25) is 0 Å². The van der Waals surface area contributed by atoms with Crippen LogP contribution in [0, 0.1) is 11.8 Å². The van der Waals surface area contributed by atoms with Crippen molar-refractivity contribution in [1.29, 1.82) is 0 Å². The molecule has 0 saturated heterocycles. The highest BCUT2D eigenvalue weighted by molar-refractivity contribution is 14.1. The molecule has 1 aromatic rings. The first-order valence-corrected chi connectivity index (χ1v) is 17.5. The minimum Gasteiger partial charge on any atom is -0.0852 e. The lowest BCUT2D eigenvalue weighted by Crippen LogP contribution is -2.38. The number of fused-ring (bicyclic) bond motifs is 1. The molecule has 8 unspecified atom stereocenters. The van der Waals surface area contributed by atoms with Crippen LogP contribution >= 0.6 is 136 Å². The molecule has 2 aliphatic carbocycles. The third-order valence-corrected chi connectivity index (χ3v) is 19.2. The second-order valence-corrected chi connectivity index (χ2v) is 16.7. The van der Waals surface area contributed by atoms with Crippen molar-refractivity contribution in [3.8, 4) is 0 Å². The fraction of sp³-hybridized carbons (Fsp3) is 0.714. The molecule has 0 heterocycles. The number of rotatable bonds is 5. The topological polar surface area (TPSA) is 0 Å². The SMILES string of the molecule is C[C@H](CC1CCC(I)C(I)C1I)C1c2ccccc2C(C(I)CI)CC1I. The number of benzene rings is 1. The van der Waals surface area contributed by atoms with E-state index in [1.807, 2.05) is 0 Å². The van der Waals surface area contributed by atoms with Gasteiger partial charge in [-0.25, -0.2) is 0 Å². The summed E-state index contributed by atoms with van der Waals surface area (Å²) in [6, 6.07) is 9.43. The predicted molar refractivity (Wildman–Crippen MR) is 171 cm³/mol. The summed E-state index contributed by atoms with van der Waals surface area (Å²) >= 11 is 16.2. The van der Waals surface area contributed by atoms with Crippen LogP contribution in [-0.2, 0) is 0 Å². The normalized spacial score (nSPS) is 38.9. The second kappa shape index (κ2) is 11.6. The Morgan fingerprint density at radius 2 is 1.63 bits per heavy atom. The van der Waals surface area contributed by atoms with Crippen molar-refractivity contribution in [3.63, 3.8) is 0 Å². The summed E-state index contributed by atoms with van der Waals surface area (Å²) < 4.78 is 5.28. The van der Waals surface area contributed by atoms with Crippen molar-refractivity contribution in [3.05, 3.63) is 35.4 Å². The standard InChI is InChI=1S/C21H26I6/c1-11(8-12-6-7-16(23)21(27)20(12)26)19-14-5-3-2-4-13(14)15(9-17(19)24)18(25)10-22/h2-5,11-12,15-21H,6-10H2,1H3/t11-,12?,15?,16?,17?,18?,19?,20?,21?/m1/s1. The first-order valence-electron chi connectivity index (χ1n) is 9.70. The number of halogens is 6. The first-order chi connectivity index (χ1) is 12.8. The van der Waals surface area contributed by atoms with Gasteiger partial charge in [-0.15, -0.1) is 0 Å². The predicted octanol–water partition coefficient (Wildman–Crippen LogP) is 9.15. The van der Waals surface area contributed by atoms with Gasteiger partial charge in [-0.1, -0.05) is 167 Å². The van der Waals surface area contributed by atoms with Gasteiger partial charge in [-0.2, -0.15) is 0 Å². The van der Waals surface area contributed by atoms with Gasteiger partial charge in [-0.05, 0) is 60.5 Å². The molecule has 0 aromatic heterocycles. The van der Waals surface area contributed by atoms with Crippen LogP contribution in [0.25, 0.3) is 0 Å². The van der Waals surface area contributed by atoms with Gasteiger partial charge in [0.15, 0.2) is 0 Å². The van der Waals surface area contributed by atoms with E-state index in [2.05, 4.69) is 167 Å². The van der Waals surface area contributed by atoms with Crippen molar-refractivity contribution in [2.75, 3.05) is 4.43 Å². The van der Waals surface area contributed by atoms with Crippen molar-refractivity contribution in [1.82, 2.24) is 0 Å². The molecule has 0 aliphatic heterocycles. The van der Waals surface area contributed by atoms with Crippen LogP contribution in [0.2, 0.25) is 0 Å². The molecule has 0 amide bonds. The van der Waals surface area contributed by atoms with Crippen molar-refractivity contribution < 1.29 is 0 Å². The van der Waals surface area contributed by atoms with E-state index in [0.29, 0.717) is 0 Å². The zero-order valence-corrected chi connectivity index (χ0v) is 28.3. The lowest BCUT2D eigenvalue weighted by atomic mass is 9.69. The minimum atomic E-state index is 0.726. The Labute approximate surface area is 246 Å². The lowest BCUT2D eigenvalue weighted by molar-refractivity contribution is 0.289. The molecular formula is C21H26I6. The molecule has 27 heavy (non-hydrogen) atoms. The maximum Gasteiger partial charge on any atom is 0.0348 e. The van der Waals surface area contributed by atoms with Gasteiger partial charge in [0.05, 0.1) is 0 Å². The maximum atomic E-state index is 2.79. The minimum absolute atomic E-state index is 0.726. The first kappa shape index (κ1) is 25.2. The highest BCUT2D eigenvalue weighted by Gasteiger charge is 2.41. The summed E-state index contributed by atoms with van der Waals surface area (Å²) in [4.78, 5) is 0. The molecular weight excluding hydrogens is 1010 g/mol. The Hall–Kier alpha value is 3.60. The molecule has 2 aliphatic rings. The third kappa shape index (κ3) is 5.94. The molecule has 0 N–H and O–H groups in total. The van der Waals surface area contributed by atoms with Crippen LogP contribution in [0.15, 0.2) is 24.3 Å². The largest absolute Gasteiger partial charge is 0.0852 e. The summed E-state index contributed by atoms with van der Waals surface area (Å²) in [5.74, 6) is 3.13. The van der Waals surface area contributed by atoms with E-state index in [1.54, 1.807) is 11.1 Å². The van der Waals surface area contributed by atoms with E-state index < -0.39 is 0 Å². The molecule has 1 saturated carbocycles. The number of alkyl halides is 6. The second-order valence-electron chi connectivity index (χ2n) is 8.14. The molecule has 0 nitrogen and oxygen atoms in total. The average molecular weight is 1040 g/mol. The van der Waals surface area contributed by atoms with Crippen LogP contribution in [0.5, 0.6) is 0 Å². The van der Waals surface area contributed by atoms with Gasteiger partial charge in [0.25, 0.3) is 0 Å². The molecule has 6 heteroatoms. The zero-order chi connectivity index (χ0) is 19.7. The Balaban J connectivity index is 1.81. The van der Waals surface area contributed by atoms with Crippen LogP contribution < -0.4 is 0 Å². The van der Waals surface area contributed by atoms with Crippen molar-refractivity contribution in [2.24, 2.45) is 11.8 Å². The molecule has 9 atom stereocenters. The molecule has 152 valence electrons. The number of hydrogen-bond donors (Lipinski definition) is 0. The smallest absolute Gasteiger partial charge is 0.0348 e. The molecule has 0 spiro atoms. The van der Waals surface area contributed by atoms with E-state index in [0.717, 1.165) is 43.3 Å². The van der Waals surface area contributed by atoms with Gasteiger partial charge in [0, 0.05) is 24.1 Å². The Morgan fingerprint density at radius 1 is 0.963 bits per heavy atom. The van der Waals surface area contributed by atoms with Crippen molar-refractivity contribution in [2.45, 2.75) is 64.1 Å². The van der Waals surface area contributed by atoms with E-state index in [1.165, 1.54) is 30.1 Å². The number of hydrogen-bond acceptors (Lipinski definition) is 0. The van der Waals surface area contributed by atoms with Crippen LogP contribution in [-0.4, -0.2) is 24.1 Å². The summed E-state index contributed by atoms with van der Waals surface area (Å²) in [5, 5.41) is 0. The Bertz CT molecular complexity index is 622. The fourth-order valence-electron chi connectivity index (χ4n) is 5.00. The van der Waals surface area contributed by atoms with Crippen molar-refractivity contribution >= 4 is 136 Å². The molecule has 1 aromatic carbocycles. The van der Waals surface area contributed by atoms with E-state index in [9.17, 15) is 0 Å². The maximum absolute atomic E-state index is 2.79. The third-order valence-electron chi connectivity index (χ3n) is 6.41. The van der Waals surface area contributed by atoms with E-state index in [-0.39, 0.29) is 0 Å². The van der Waals surface area contributed by atoms with Gasteiger partial charge in [0.1, 0.15) is 0 Å². The average Bonchev–Trinajstić information content (AvgIpc) is 2.67. The molecule has 3 rings (SSSR count). The lowest BCUT2D eigenvalue weighted by Gasteiger charge is -2.42. The van der Waals surface area contributed by atoms with Crippen LogP contribution in [0.3, 0.4) is 0 Å². The molecule has 0 bridgehead atoms. The summed E-state index contributed by atoms with van der Waals surface area (Å²) in [6.45, 7) is 2.55. The van der Waals surface area contributed by atoms with E-state index in [4.69, 9.17) is 0 Å². The van der Waals surface area contributed by atoms with Crippen LogP contribution in [0.4, 0.5) is 0 Å². The Kier molecular flexibility index (Phi) is 10.9. The van der Waals surface area contributed by atoms with Gasteiger partial charge < -0.3 is 0 Å². The summed E-state index contributed by atoms with van der Waals surface area (Å²) in [5.41, 5.74) is 3.33.